The molecule has 4 aromatic rings. The van der Waals surface area contributed by atoms with Crippen LogP contribution in [-0.4, -0.2) is 22.6 Å². The predicted octanol–water partition coefficient (Wildman–Crippen LogP) is 7.01. The van der Waals surface area contributed by atoms with Crippen molar-refractivity contribution in [1.82, 2.24) is 9.47 Å². The molecule has 0 fully saturated rings. The van der Waals surface area contributed by atoms with Crippen LogP contribution in [0.2, 0.25) is 0 Å². The number of rotatable bonds is 3. The second-order valence-electron chi connectivity index (χ2n) is 9.50. The van der Waals surface area contributed by atoms with Crippen LogP contribution in [0.5, 0.6) is 5.75 Å². The van der Waals surface area contributed by atoms with E-state index >= 15 is 0 Å². The van der Waals surface area contributed by atoms with Crippen molar-refractivity contribution in [1.29, 1.82) is 0 Å². The maximum absolute atomic E-state index is 14.3. The van der Waals surface area contributed by atoms with E-state index in [0.29, 0.717) is 17.8 Å². The smallest absolute Gasteiger partial charge is 0.322 e. The van der Waals surface area contributed by atoms with Crippen LogP contribution >= 0.6 is 11.3 Å². The number of hydrogen-bond donors (Lipinski definition) is 1. The summed E-state index contributed by atoms with van der Waals surface area (Å²) in [6.07, 6.45) is 6.63. The molecule has 1 aliphatic carbocycles. The molecule has 0 spiro atoms. The van der Waals surface area contributed by atoms with Crippen molar-refractivity contribution >= 4 is 23.1 Å². The van der Waals surface area contributed by atoms with E-state index in [2.05, 4.69) is 22.1 Å². The van der Waals surface area contributed by atoms with Crippen molar-refractivity contribution < 1.29 is 13.9 Å². The van der Waals surface area contributed by atoms with Crippen molar-refractivity contribution in [2.75, 3.05) is 12.4 Å². The highest BCUT2D eigenvalue weighted by atomic mass is 32.1. The number of benzene rings is 2. The fourth-order valence-corrected chi connectivity index (χ4v) is 6.79. The van der Waals surface area contributed by atoms with Crippen LogP contribution in [0.1, 0.15) is 51.7 Å². The van der Waals surface area contributed by atoms with Crippen molar-refractivity contribution in [3.05, 3.63) is 99.4 Å². The van der Waals surface area contributed by atoms with Gasteiger partial charge in [-0.3, -0.25) is 0 Å². The molecule has 2 aromatic heterocycles. The number of aromatic nitrogens is 1. The van der Waals surface area contributed by atoms with Gasteiger partial charge in [-0.1, -0.05) is 18.2 Å². The van der Waals surface area contributed by atoms with E-state index in [1.54, 1.807) is 26.2 Å². The second kappa shape index (κ2) is 9.13. The third-order valence-corrected chi connectivity index (χ3v) is 8.63. The van der Waals surface area contributed by atoms with Crippen LogP contribution in [0.4, 0.5) is 14.9 Å². The molecule has 36 heavy (non-hydrogen) atoms. The third-order valence-electron chi connectivity index (χ3n) is 7.29. The molecule has 0 saturated carbocycles. The molecule has 2 aliphatic rings. The lowest BCUT2D eigenvalue weighted by Crippen LogP contribution is -2.38. The van der Waals surface area contributed by atoms with Crippen LogP contribution in [0.15, 0.2) is 60.8 Å². The number of urea groups is 1. The van der Waals surface area contributed by atoms with Crippen molar-refractivity contribution in [3.8, 4) is 10.8 Å². The normalized spacial score (nSPS) is 16.5. The number of methoxy groups -OCH3 is 1. The molecule has 6 rings (SSSR count). The van der Waals surface area contributed by atoms with Gasteiger partial charge in [-0.2, -0.15) is 0 Å². The molecule has 5 nitrogen and oxygen atoms in total. The lowest BCUT2D eigenvalue weighted by molar-refractivity contribution is 0.194. The quantitative estimate of drug-likeness (QED) is 0.328. The van der Waals surface area contributed by atoms with E-state index in [0.717, 1.165) is 29.8 Å². The molecule has 7 heteroatoms. The Morgan fingerprint density at radius 1 is 1.08 bits per heavy atom. The van der Waals surface area contributed by atoms with Crippen LogP contribution in [0.25, 0.3) is 5.00 Å². The zero-order valence-corrected chi connectivity index (χ0v) is 21.2. The van der Waals surface area contributed by atoms with E-state index < -0.39 is 0 Å². The summed E-state index contributed by atoms with van der Waals surface area (Å²) in [5, 5.41) is 4.18. The maximum Gasteiger partial charge on any atom is 0.322 e. The molecule has 1 atom stereocenters. The van der Waals surface area contributed by atoms with Crippen molar-refractivity contribution in [3.63, 3.8) is 0 Å². The molecule has 2 amide bonds. The summed E-state index contributed by atoms with van der Waals surface area (Å²) in [7, 11) is 1.65. The van der Waals surface area contributed by atoms with Crippen LogP contribution in [0.3, 0.4) is 0 Å². The number of nitrogens with one attached hydrogen (secondary N) is 1. The second-order valence-corrected chi connectivity index (χ2v) is 10.6. The summed E-state index contributed by atoms with van der Waals surface area (Å²) >= 11 is 1.86. The number of carbonyl (C=O) groups excluding carboxylic acids is 1. The SMILES string of the molecule is COc1ccc(C2c3cccn3-c3sc4c(c3CN2C(=O)Nc2ccc(C)c(F)c2)CCCC4)cc1. The summed E-state index contributed by atoms with van der Waals surface area (Å²) in [6.45, 7) is 2.20. The highest BCUT2D eigenvalue weighted by molar-refractivity contribution is 7.15. The Kier molecular flexibility index (Phi) is 5.80. The predicted molar refractivity (Wildman–Crippen MR) is 141 cm³/mol. The average Bonchev–Trinajstić information content (AvgIpc) is 3.48. The summed E-state index contributed by atoms with van der Waals surface area (Å²) in [4.78, 5) is 17.2. The third kappa shape index (κ3) is 3.88. The number of halogens is 1. The van der Waals surface area contributed by atoms with Gasteiger partial charge in [0, 0.05) is 22.3 Å². The number of thiophene rings is 1. The largest absolute Gasteiger partial charge is 0.497 e. The van der Waals surface area contributed by atoms with E-state index in [1.807, 2.05) is 46.6 Å². The molecule has 2 aromatic carbocycles. The number of fused-ring (bicyclic) bond motifs is 5. The van der Waals surface area contributed by atoms with Gasteiger partial charge < -0.3 is 19.5 Å². The number of carbonyl (C=O) groups is 1. The van der Waals surface area contributed by atoms with Gasteiger partial charge in [-0.25, -0.2) is 9.18 Å². The Hall–Kier alpha value is -3.58. The van der Waals surface area contributed by atoms with Crippen molar-refractivity contribution in [2.45, 2.75) is 45.2 Å². The van der Waals surface area contributed by atoms with Gasteiger partial charge in [0.25, 0.3) is 0 Å². The van der Waals surface area contributed by atoms with Crippen LogP contribution < -0.4 is 10.1 Å². The van der Waals surface area contributed by atoms with Gasteiger partial charge >= 0.3 is 6.03 Å². The van der Waals surface area contributed by atoms with E-state index in [-0.39, 0.29) is 17.9 Å². The monoisotopic (exact) mass is 501 g/mol. The summed E-state index contributed by atoms with van der Waals surface area (Å²) in [6, 6.07) is 16.3. The maximum atomic E-state index is 14.3. The molecule has 1 unspecified atom stereocenters. The summed E-state index contributed by atoms with van der Waals surface area (Å²) < 4.78 is 21.9. The molecule has 0 radical (unpaired) electrons. The highest BCUT2D eigenvalue weighted by Gasteiger charge is 2.36. The van der Waals surface area contributed by atoms with Gasteiger partial charge in [0.2, 0.25) is 0 Å². The van der Waals surface area contributed by atoms with Crippen LogP contribution in [0, 0.1) is 12.7 Å². The lowest BCUT2D eigenvalue weighted by Gasteiger charge is -2.31. The number of aryl methyl sites for hydroxylation is 2. The van der Waals surface area contributed by atoms with E-state index in [4.69, 9.17) is 4.74 Å². The first-order chi connectivity index (χ1) is 17.5. The van der Waals surface area contributed by atoms with Gasteiger partial charge in [0.1, 0.15) is 16.6 Å². The number of amides is 2. The zero-order chi connectivity index (χ0) is 24.8. The Morgan fingerprint density at radius 3 is 2.67 bits per heavy atom. The zero-order valence-electron chi connectivity index (χ0n) is 20.4. The molecule has 1 aliphatic heterocycles. The molecule has 0 bridgehead atoms. The topological polar surface area (TPSA) is 46.5 Å². The minimum atomic E-state index is -0.335. The van der Waals surface area contributed by atoms with Gasteiger partial charge in [-0.15, -0.1) is 11.3 Å². The number of anilines is 1. The first-order valence-electron chi connectivity index (χ1n) is 12.3. The van der Waals surface area contributed by atoms with Crippen LogP contribution in [-0.2, 0) is 19.4 Å². The summed E-state index contributed by atoms with van der Waals surface area (Å²) in [5.74, 6) is 0.431. The number of ether oxygens (including phenoxy) is 1. The molecule has 184 valence electrons. The molecule has 1 N–H and O–H groups in total. The standard InChI is InChI=1S/C29H28FN3O2S/c1-18-9-12-20(16-24(18)30)31-29(34)33-17-23-22-6-3-4-8-26(22)36-28(23)32-15-5-7-25(32)27(33)19-10-13-21(35-2)14-11-19/h5,7,9-16,27H,3-4,6,8,17H2,1-2H3,(H,31,34). The molecular formula is C29H28FN3O2S. The lowest BCUT2D eigenvalue weighted by atomic mass is 9.95. The minimum Gasteiger partial charge on any atom is -0.497 e. The minimum absolute atomic E-state index is 0.254. The van der Waals surface area contributed by atoms with Gasteiger partial charge in [-0.05, 0) is 85.7 Å². The highest BCUT2D eigenvalue weighted by Crippen LogP contribution is 2.44. The van der Waals surface area contributed by atoms with E-state index in [9.17, 15) is 9.18 Å². The number of nitrogens with zero attached hydrogens (tertiary/aromatic N) is 2. The number of hydrogen-bond acceptors (Lipinski definition) is 3. The Bertz CT molecular complexity index is 1440. The first kappa shape index (κ1) is 22.9. The van der Waals surface area contributed by atoms with Gasteiger partial charge in [0.15, 0.2) is 0 Å². The Balaban J connectivity index is 1.48. The fraction of sp³-hybridized carbons (Fsp3) is 0.276. The van der Waals surface area contributed by atoms with E-state index in [1.165, 1.54) is 39.9 Å². The molecular weight excluding hydrogens is 473 g/mol. The average molecular weight is 502 g/mol. The Morgan fingerprint density at radius 2 is 1.89 bits per heavy atom. The summed E-state index contributed by atoms with van der Waals surface area (Å²) in [5.41, 5.74) is 5.65. The van der Waals surface area contributed by atoms with Crippen molar-refractivity contribution in [2.24, 2.45) is 0 Å². The molecule has 3 heterocycles. The first-order valence-corrected chi connectivity index (χ1v) is 13.1. The van der Waals surface area contributed by atoms with Gasteiger partial charge in [0.05, 0.1) is 25.4 Å². The molecule has 0 saturated heterocycles. The fourth-order valence-electron chi connectivity index (χ4n) is 5.39. The Labute approximate surface area is 214 Å².